The van der Waals surface area contributed by atoms with Gasteiger partial charge in [0.05, 0.1) is 12.3 Å². The second-order valence-electron chi connectivity index (χ2n) is 7.87. The molecule has 0 saturated carbocycles. The lowest BCUT2D eigenvalue weighted by Gasteiger charge is -2.29. The standard InChI is InChI=1S/C24H26N2O4S/c1-2-3-13-30-19-11-9-16(17-10-12-20(27)25-21(17)19)18(14-15-7-5-4-6-8-15)22-23(28)26-24(29)31-22/h4-9,11,18,22H,2-3,10,12-14H2,1H3,(H,25,27)(H,26,28,29). The third-order valence-corrected chi connectivity index (χ3v) is 6.83. The molecule has 2 aliphatic rings. The van der Waals surface area contributed by atoms with Crippen LogP contribution < -0.4 is 15.4 Å². The molecule has 0 bridgehead atoms. The molecule has 2 aromatic rings. The molecular weight excluding hydrogens is 412 g/mol. The molecule has 2 aliphatic heterocycles. The molecule has 0 radical (unpaired) electrons. The molecule has 1 fully saturated rings. The number of thioether (sulfide) groups is 1. The molecule has 2 heterocycles. The minimum atomic E-state index is -0.513. The summed E-state index contributed by atoms with van der Waals surface area (Å²) in [6, 6.07) is 13.8. The lowest BCUT2D eigenvalue weighted by molar-refractivity contribution is -0.119. The number of rotatable bonds is 8. The quantitative estimate of drug-likeness (QED) is 0.596. The van der Waals surface area contributed by atoms with Crippen LogP contribution in [-0.2, 0) is 22.4 Å². The molecule has 2 atom stereocenters. The van der Waals surface area contributed by atoms with E-state index in [2.05, 4.69) is 17.6 Å². The zero-order valence-corrected chi connectivity index (χ0v) is 18.3. The van der Waals surface area contributed by atoms with E-state index >= 15 is 0 Å². The Morgan fingerprint density at radius 1 is 1.06 bits per heavy atom. The maximum atomic E-state index is 12.6. The topological polar surface area (TPSA) is 84.5 Å². The zero-order valence-electron chi connectivity index (χ0n) is 17.5. The first kappa shape index (κ1) is 21.4. The van der Waals surface area contributed by atoms with E-state index in [-0.39, 0.29) is 23.0 Å². The maximum Gasteiger partial charge on any atom is 0.286 e. The summed E-state index contributed by atoms with van der Waals surface area (Å²) in [5.74, 6) is 0.172. The highest BCUT2D eigenvalue weighted by Gasteiger charge is 2.40. The first-order chi connectivity index (χ1) is 15.1. The number of imide groups is 1. The van der Waals surface area contributed by atoms with Crippen molar-refractivity contribution < 1.29 is 19.1 Å². The van der Waals surface area contributed by atoms with Crippen molar-refractivity contribution in [1.82, 2.24) is 5.32 Å². The van der Waals surface area contributed by atoms with Crippen molar-refractivity contribution in [3.63, 3.8) is 0 Å². The number of ether oxygens (including phenoxy) is 1. The average Bonchev–Trinajstić information content (AvgIpc) is 3.11. The summed E-state index contributed by atoms with van der Waals surface area (Å²) in [6.45, 7) is 2.68. The number of carbonyl (C=O) groups excluding carboxylic acids is 3. The van der Waals surface area contributed by atoms with Crippen molar-refractivity contribution in [2.24, 2.45) is 0 Å². The number of hydrogen-bond acceptors (Lipinski definition) is 5. The molecule has 0 aromatic heterocycles. The summed E-state index contributed by atoms with van der Waals surface area (Å²) >= 11 is 1.05. The Balaban J connectivity index is 1.75. The van der Waals surface area contributed by atoms with Crippen LogP contribution >= 0.6 is 11.8 Å². The van der Waals surface area contributed by atoms with Gasteiger partial charge in [0.1, 0.15) is 11.0 Å². The lowest BCUT2D eigenvalue weighted by Crippen LogP contribution is -2.31. The van der Waals surface area contributed by atoms with E-state index < -0.39 is 5.25 Å². The third kappa shape index (κ3) is 4.77. The Bertz CT molecular complexity index is 993. The smallest absolute Gasteiger partial charge is 0.286 e. The average molecular weight is 439 g/mol. The third-order valence-electron chi connectivity index (χ3n) is 5.71. The Kier molecular flexibility index (Phi) is 6.61. The fourth-order valence-corrected chi connectivity index (χ4v) is 5.13. The van der Waals surface area contributed by atoms with Crippen LogP contribution in [0.3, 0.4) is 0 Å². The predicted molar refractivity (Wildman–Crippen MR) is 122 cm³/mol. The highest BCUT2D eigenvalue weighted by Crippen LogP contribution is 2.43. The number of benzene rings is 2. The zero-order chi connectivity index (χ0) is 21.8. The molecule has 31 heavy (non-hydrogen) atoms. The summed E-state index contributed by atoms with van der Waals surface area (Å²) in [7, 11) is 0. The Morgan fingerprint density at radius 3 is 2.58 bits per heavy atom. The SMILES string of the molecule is CCCCOc1ccc(C(Cc2ccccc2)C2SC(=O)NC2=O)c2c1NC(=O)CC2. The lowest BCUT2D eigenvalue weighted by atomic mass is 9.83. The summed E-state index contributed by atoms with van der Waals surface area (Å²) in [6.07, 6.45) is 3.55. The van der Waals surface area contributed by atoms with Gasteiger partial charge >= 0.3 is 0 Å². The van der Waals surface area contributed by atoms with Gasteiger partial charge in [-0.25, -0.2) is 0 Å². The summed E-state index contributed by atoms with van der Waals surface area (Å²) < 4.78 is 5.96. The second kappa shape index (κ2) is 9.56. The van der Waals surface area contributed by atoms with Crippen molar-refractivity contribution in [2.45, 2.75) is 50.2 Å². The molecular formula is C24H26N2O4S. The fourth-order valence-electron chi connectivity index (χ4n) is 4.17. The fraction of sp³-hybridized carbons (Fsp3) is 0.375. The van der Waals surface area contributed by atoms with Crippen molar-refractivity contribution in [1.29, 1.82) is 0 Å². The molecule has 0 spiro atoms. The normalized spacial score (nSPS) is 18.9. The molecule has 6 nitrogen and oxygen atoms in total. The molecule has 0 aliphatic carbocycles. The maximum absolute atomic E-state index is 12.6. The van der Waals surface area contributed by atoms with Gasteiger partial charge in [-0.1, -0.05) is 61.5 Å². The predicted octanol–water partition coefficient (Wildman–Crippen LogP) is 4.43. The van der Waals surface area contributed by atoms with E-state index in [0.29, 0.717) is 37.3 Å². The minimum Gasteiger partial charge on any atom is -0.491 e. The Labute approximate surface area is 186 Å². The highest BCUT2D eigenvalue weighted by molar-refractivity contribution is 8.15. The van der Waals surface area contributed by atoms with Crippen LogP contribution in [0, 0.1) is 0 Å². The van der Waals surface area contributed by atoms with Gasteiger partial charge in [-0.3, -0.25) is 19.7 Å². The summed E-state index contributed by atoms with van der Waals surface area (Å²) in [5.41, 5.74) is 3.79. The van der Waals surface area contributed by atoms with Gasteiger partial charge in [0.2, 0.25) is 11.8 Å². The summed E-state index contributed by atoms with van der Waals surface area (Å²) in [4.78, 5) is 36.7. The van der Waals surface area contributed by atoms with Crippen LogP contribution in [0.2, 0.25) is 0 Å². The van der Waals surface area contributed by atoms with Crippen LogP contribution in [-0.4, -0.2) is 28.9 Å². The van der Waals surface area contributed by atoms with Crippen LogP contribution in [0.4, 0.5) is 10.5 Å². The molecule has 7 heteroatoms. The second-order valence-corrected chi connectivity index (χ2v) is 8.98. The molecule has 4 rings (SSSR count). The van der Waals surface area contributed by atoms with Gasteiger partial charge in [-0.05, 0) is 42.0 Å². The monoisotopic (exact) mass is 438 g/mol. The van der Waals surface area contributed by atoms with Crippen LogP contribution in [0.5, 0.6) is 5.75 Å². The van der Waals surface area contributed by atoms with Gasteiger partial charge in [-0.2, -0.15) is 0 Å². The van der Waals surface area contributed by atoms with Crippen molar-refractivity contribution in [3.05, 3.63) is 59.2 Å². The Hall–Kier alpha value is -2.80. The number of carbonyl (C=O) groups is 3. The van der Waals surface area contributed by atoms with E-state index in [4.69, 9.17) is 4.74 Å². The van der Waals surface area contributed by atoms with Gasteiger partial charge < -0.3 is 10.1 Å². The minimum absolute atomic E-state index is 0.0345. The molecule has 162 valence electrons. The molecule has 2 N–H and O–H groups in total. The first-order valence-electron chi connectivity index (χ1n) is 10.7. The van der Waals surface area contributed by atoms with Crippen molar-refractivity contribution in [3.8, 4) is 5.75 Å². The molecule has 3 amide bonds. The van der Waals surface area contributed by atoms with Crippen molar-refractivity contribution >= 4 is 34.5 Å². The van der Waals surface area contributed by atoms with E-state index in [1.165, 1.54) is 0 Å². The first-order valence-corrected chi connectivity index (χ1v) is 11.6. The number of unbranched alkanes of at least 4 members (excludes halogenated alkanes) is 1. The van der Waals surface area contributed by atoms with Gasteiger partial charge in [0.25, 0.3) is 5.24 Å². The molecule has 2 unspecified atom stereocenters. The largest absolute Gasteiger partial charge is 0.491 e. The number of nitrogens with one attached hydrogen (secondary N) is 2. The van der Waals surface area contributed by atoms with E-state index in [1.807, 2.05) is 42.5 Å². The molecule has 1 saturated heterocycles. The number of hydrogen-bond donors (Lipinski definition) is 2. The van der Waals surface area contributed by atoms with Crippen LogP contribution in [0.1, 0.15) is 48.8 Å². The highest BCUT2D eigenvalue weighted by atomic mass is 32.2. The number of fused-ring (bicyclic) bond motifs is 1. The van der Waals surface area contributed by atoms with Crippen LogP contribution in [0.25, 0.3) is 0 Å². The van der Waals surface area contributed by atoms with E-state index in [1.54, 1.807) is 0 Å². The van der Waals surface area contributed by atoms with Gasteiger partial charge in [0.15, 0.2) is 0 Å². The molecule has 2 aromatic carbocycles. The summed E-state index contributed by atoms with van der Waals surface area (Å²) in [5, 5.41) is 4.59. The number of amides is 3. The van der Waals surface area contributed by atoms with E-state index in [9.17, 15) is 14.4 Å². The van der Waals surface area contributed by atoms with Crippen molar-refractivity contribution in [2.75, 3.05) is 11.9 Å². The van der Waals surface area contributed by atoms with Crippen LogP contribution in [0.15, 0.2) is 42.5 Å². The van der Waals surface area contributed by atoms with Gasteiger partial charge in [-0.15, -0.1) is 0 Å². The Morgan fingerprint density at radius 2 is 1.87 bits per heavy atom. The van der Waals surface area contributed by atoms with Gasteiger partial charge in [0, 0.05) is 12.3 Å². The number of anilines is 1. The van der Waals surface area contributed by atoms with E-state index in [0.717, 1.165) is 41.3 Å².